The lowest BCUT2D eigenvalue weighted by Gasteiger charge is -2.13. The molecule has 4 nitrogen and oxygen atoms in total. The summed E-state index contributed by atoms with van der Waals surface area (Å²) in [4.78, 5) is 25.7. The molecule has 102 valence electrons. The molecule has 0 bridgehead atoms. The zero-order valence-electron chi connectivity index (χ0n) is 10.5. The van der Waals surface area contributed by atoms with Gasteiger partial charge in [0.25, 0.3) is 5.24 Å². The standard InChI is InChI=1S/C13H16N2O2S2/c16-12(10-15-7-9-19-13(15)17)14-6-8-18-11-4-2-1-3-5-11/h1-5H,6-10H2,(H,14,16). The molecule has 0 aliphatic carbocycles. The third kappa shape index (κ3) is 4.80. The van der Waals surface area contributed by atoms with E-state index < -0.39 is 0 Å². The lowest BCUT2D eigenvalue weighted by atomic mass is 10.4. The van der Waals surface area contributed by atoms with Gasteiger partial charge in [0.2, 0.25) is 5.91 Å². The van der Waals surface area contributed by atoms with E-state index in [4.69, 9.17) is 0 Å². The molecule has 1 aromatic rings. The van der Waals surface area contributed by atoms with Gasteiger partial charge in [-0.15, -0.1) is 11.8 Å². The molecule has 1 N–H and O–H groups in total. The largest absolute Gasteiger partial charge is 0.354 e. The summed E-state index contributed by atoms with van der Waals surface area (Å²) in [7, 11) is 0. The number of amides is 2. The molecule has 1 aliphatic rings. The summed E-state index contributed by atoms with van der Waals surface area (Å²) in [5.41, 5.74) is 0. The van der Waals surface area contributed by atoms with Gasteiger partial charge in [0.1, 0.15) is 6.54 Å². The van der Waals surface area contributed by atoms with E-state index in [0.717, 1.165) is 11.5 Å². The number of nitrogens with zero attached hydrogens (tertiary/aromatic N) is 1. The Morgan fingerprint density at radius 1 is 1.37 bits per heavy atom. The molecular formula is C13H16N2O2S2. The van der Waals surface area contributed by atoms with Crippen LogP contribution in [-0.4, -0.2) is 47.2 Å². The van der Waals surface area contributed by atoms with E-state index in [-0.39, 0.29) is 17.7 Å². The predicted molar refractivity (Wildman–Crippen MR) is 79.6 cm³/mol. The van der Waals surface area contributed by atoms with Crippen molar-refractivity contribution in [1.82, 2.24) is 10.2 Å². The molecule has 0 spiro atoms. The molecule has 0 aromatic heterocycles. The number of hydrogen-bond acceptors (Lipinski definition) is 4. The van der Waals surface area contributed by atoms with E-state index in [1.54, 1.807) is 16.7 Å². The third-order valence-electron chi connectivity index (χ3n) is 2.62. The monoisotopic (exact) mass is 296 g/mol. The summed E-state index contributed by atoms with van der Waals surface area (Å²) in [5, 5.41) is 2.85. The molecule has 1 aliphatic heterocycles. The molecule has 0 saturated carbocycles. The maximum atomic E-state index is 11.6. The van der Waals surface area contributed by atoms with Gasteiger partial charge in [0, 0.05) is 29.5 Å². The van der Waals surface area contributed by atoms with Gasteiger partial charge in [-0.05, 0) is 12.1 Å². The minimum Gasteiger partial charge on any atom is -0.354 e. The van der Waals surface area contributed by atoms with Crippen LogP contribution in [0.4, 0.5) is 4.79 Å². The summed E-state index contributed by atoms with van der Waals surface area (Å²) in [6.45, 7) is 1.48. The molecule has 2 rings (SSSR count). The third-order valence-corrected chi connectivity index (χ3v) is 4.52. The predicted octanol–water partition coefficient (Wildman–Crippen LogP) is 2.06. The van der Waals surface area contributed by atoms with E-state index in [0.29, 0.717) is 13.1 Å². The zero-order chi connectivity index (χ0) is 13.5. The molecule has 0 radical (unpaired) electrons. The molecular weight excluding hydrogens is 280 g/mol. The van der Waals surface area contributed by atoms with Crippen LogP contribution in [0.5, 0.6) is 0 Å². The number of nitrogens with one attached hydrogen (secondary N) is 1. The fourth-order valence-corrected chi connectivity index (χ4v) is 3.29. The first-order valence-electron chi connectivity index (χ1n) is 6.12. The fraction of sp³-hybridized carbons (Fsp3) is 0.385. The Bertz CT molecular complexity index is 440. The smallest absolute Gasteiger partial charge is 0.282 e. The molecule has 0 unspecified atom stereocenters. The second kappa shape index (κ2) is 7.45. The number of rotatable bonds is 6. The molecule has 1 saturated heterocycles. The molecule has 6 heteroatoms. The van der Waals surface area contributed by atoms with Crippen molar-refractivity contribution in [2.75, 3.05) is 31.1 Å². The van der Waals surface area contributed by atoms with Crippen molar-refractivity contribution in [3.63, 3.8) is 0 Å². The first-order chi connectivity index (χ1) is 9.25. The maximum absolute atomic E-state index is 11.6. The van der Waals surface area contributed by atoms with E-state index in [1.165, 1.54) is 16.7 Å². The minimum absolute atomic E-state index is 0.00816. The Labute approximate surface area is 121 Å². The summed E-state index contributed by atoms with van der Waals surface area (Å²) in [6, 6.07) is 10.1. The molecule has 1 heterocycles. The highest BCUT2D eigenvalue weighted by atomic mass is 32.2. The van der Waals surface area contributed by atoms with E-state index in [9.17, 15) is 9.59 Å². The van der Waals surface area contributed by atoms with Crippen molar-refractivity contribution in [2.45, 2.75) is 4.90 Å². The van der Waals surface area contributed by atoms with Crippen LogP contribution in [0.3, 0.4) is 0 Å². The molecule has 1 fully saturated rings. The van der Waals surface area contributed by atoms with Crippen molar-refractivity contribution < 1.29 is 9.59 Å². The Kier molecular flexibility index (Phi) is 5.60. The van der Waals surface area contributed by atoms with Crippen LogP contribution in [0.25, 0.3) is 0 Å². The number of carbonyl (C=O) groups is 2. The summed E-state index contributed by atoms with van der Waals surface area (Å²) < 4.78 is 0. The highest BCUT2D eigenvalue weighted by Gasteiger charge is 2.22. The van der Waals surface area contributed by atoms with E-state index in [2.05, 4.69) is 5.32 Å². The quantitative estimate of drug-likeness (QED) is 0.645. The average Bonchev–Trinajstić information content (AvgIpc) is 2.82. The van der Waals surface area contributed by atoms with Crippen LogP contribution in [0.15, 0.2) is 35.2 Å². The minimum atomic E-state index is -0.0792. The van der Waals surface area contributed by atoms with Crippen LogP contribution in [0.1, 0.15) is 0 Å². The topological polar surface area (TPSA) is 49.4 Å². The summed E-state index contributed by atoms with van der Waals surface area (Å²) in [6.07, 6.45) is 0. The van der Waals surface area contributed by atoms with Crippen LogP contribution in [0.2, 0.25) is 0 Å². The van der Waals surface area contributed by atoms with E-state index >= 15 is 0 Å². The molecule has 1 aromatic carbocycles. The van der Waals surface area contributed by atoms with Crippen LogP contribution in [-0.2, 0) is 4.79 Å². The number of benzene rings is 1. The number of thioether (sulfide) groups is 2. The molecule has 0 atom stereocenters. The zero-order valence-corrected chi connectivity index (χ0v) is 12.1. The van der Waals surface area contributed by atoms with Crippen LogP contribution < -0.4 is 5.32 Å². The van der Waals surface area contributed by atoms with Crippen molar-refractivity contribution in [2.24, 2.45) is 0 Å². The number of carbonyl (C=O) groups excluding carboxylic acids is 2. The van der Waals surface area contributed by atoms with Gasteiger partial charge in [-0.3, -0.25) is 9.59 Å². The Morgan fingerprint density at radius 3 is 2.84 bits per heavy atom. The van der Waals surface area contributed by atoms with Gasteiger partial charge >= 0.3 is 0 Å². The normalized spacial score (nSPS) is 14.7. The summed E-state index contributed by atoms with van der Waals surface area (Å²) >= 11 is 2.98. The van der Waals surface area contributed by atoms with Gasteiger partial charge in [0.05, 0.1) is 0 Å². The van der Waals surface area contributed by atoms with Crippen molar-refractivity contribution >= 4 is 34.7 Å². The van der Waals surface area contributed by atoms with Gasteiger partial charge in [-0.1, -0.05) is 30.0 Å². The van der Waals surface area contributed by atoms with Gasteiger partial charge < -0.3 is 10.2 Å². The average molecular weight is 296 g/mol. The second-order valence-corrected chi connectivity index (χ2v) is 6.26. The Hall–Kier alpha value is -1.14. The first-order valence-corrected chi connectivity index (χ1v) is 8.09. The van der Waals surface area contributed by atoms with E-state index in [1.807, 2.05) is 30.3 Å². The van der Waals surface area contributed by atoms with Crippen molar-refractivity contribution in [3.05, 3.63) is 30.3 Å². The Morgan fingerprint density at radius 2 is 2.16 bits per heavy atom. The Balaban J connectivity index is 1.60. The van der Waals surface area contributed by atoms with Crippen molar-refractivity contribution in [1.29, 1.82) is 0 Å². The lowest BCUT2D eigenvalue weighted by molar-refractivity contribution is -0.121. The van der Waals surface area contributed by atoms with Crippen LogP contribution in [0, 0.1) is 0 Å². The highest BCUT2D eigenvalue weighted by Crippen LogP contribution is 2.17. The fourth-order valence-electron chi connectivity index (χ4n) is 1.67. The first kappa shape index (κ1) is 14.3. The number of hydrogen-bond donors (Lipinski definition) is 1. The molecule has 2 amide bonds. The SMILES string of the molecule is O=C(CN1CCSC1=O)NCCSc1ccccc1. The van der Waals surface area contributed by atoms with Gasteiger partial charge in [-0.2, -0.15) is 0 Å². The maximum Gasteiger partial charge on any atom is 0.282 e. The van der Waals surface area contributed by atoms with Crippen LogP contribution >= 0.6 is 23.5 Å². The second-order valence-electron chi connectivity index (χ2n) is 4.05. The van der Waals surface area contributed by atoms with Crippen molar-refractivity contribution in [3.8, 4) is 0 Å². The summed E-state index contributed by atoms with van der Waals surface area (Å²) in [5.74, 6) is 1.54. The highest BCUT2D eigenvalue weighted by molar-refractivity contribution is 8.13. The molecule has 19 heavy (non-hydrogen) atoms. The lowest BCUT2D eigenvalue weighted by Crippen LogP contribution is -2.38. The van der Waals surface area contributed by atoms with Gasteiger partial charge in [0.15, 0.2) is 0 Å². The van der Waals surface area contributed by atoms with Gasteiger partial charge in [-0.25, -0.2) is 0 Å².